The Balaban J connectivity index is 2.46. The zero-order chi connectivity index (χ0) is 14.8. The summed E-state index contributed by atoms with van der Waals surface area (Å²) in [5.41, 5.74) is 0.641. The molecule has 20 heavy (non-hydrogen) atoms. The van der Waals surface area contributed by atoms with Crippen molar-refractivity contribution in [3.8, 4) is 5.75 Å². The van der Waals surface area contributed by atoms with Crippen LogP contribution in [-0.4, -0.2) is 38.1 Å². The third kappa shape index (κ3) is 5.86. The summed E-state index contributed by atoms with van der Waals surface area (Å²) in [4.78, 5) is 0. The molecule has 2 N–H and O–H groups in total. The van der Waals surface area contributed by atoms with E-state index in [1.165, 1.54) is 6.07 Å². The van der Waals surface area contributed by atoms with Gasteiger partial charge in [0.1, 0.15) is 18.2 Å². The van der Waals surface area contributed by atoms with Gasteiger partial charge in [0, 0.05) is 17.7 Å². The van der Waals surface area contributed by atoms with Crippen LogP contribution in [-0.2, 0) is 4.74 Å². The number of aliphatic hydroxyl groups excluding tert-OH is 1. The van der Waals surface area contributed by atoms with Crippen LogP contribution in [0.25, 0.3) is 0 Å². The maximum atomic E-state index is 14.0. The molecule has 4 nitrogen and oxygen atoms in total. The number of rotatable bonds is 10. The summed E-state index contributed by atoms with van der Waals surface area (Å²) >= 11 is 0. The molecule has 0 aromatic heterocycles. The van der Waals surface area contributed by atoms with Gasteiger partial charge in [0.25, 0.3) is 0 Å². The maximum Gasteiger partial charge on any atom is 0.131 e. The quantitative estimate of drug-likeness (QED) is 0.648. The molecule has 0 amide bonds. The fraction of sp³-hybridized carbons (Fsp3) is 0.600. The Morgan fingerprint density at radius 3 is 2.75 bits per heavy atom. The molecule has 0 spiro atoms. The first-order valence-corrected chi connectivity index (χ1v) is 7.03. The van der Waals surface area contributed by atoms with Crippen LogP contribution in [0.1, 0.15) is 31.9 Å². The van der Waals surface area contributed by atoms with Gasteiger partial charge < -0.3 is 19.9 Å². The molecule has 0 saturated carbocycles. The number of aliphatic hydroxyl groups is 1. The van der Waals surface area contributed by atoms with E-state index in [1.54, 1.807) is 12.1 Å². The van der Waals surface area contributed by atoms with Gasteiger partial charge in [-0.3, -0.25) is 0 Å². The lowest BCUT2D eigenvalue weighted by atomic mass is 10.1. The summed E-state index contributed by atoms with van der Waals surface area (Å²) in [7, 11) is 0. The molecule has 1 aromatic carbocycles. The molecule has 0 aliphatic carbocycles. The van der Waals surface area contributed by atoms with E-state index in [4.69, 9.17) is 14.6 Å². The highest BCUT2D eigenvalue weighted by Gasteiger charge is 2.11. The van der Waals surface area contributed by atoms with Gasteiger partial charge >= 0.3 is 0 Å². The van der Waals surface area contributed by atoms with Gasteiger partial charge in [-0.25, -0.2) is 4.39 Å². The van der Waals surface area contributed by atoms with Gasteiger partial charge in [0.15, 0.2) is 0 Å². The average molecular weight is 285 g/mol. The first-order valence-electron chi connectivity index (χ1n) is 7.03. The number of halogens is 1. The third-order valence-corrected chi connectivity index (χ3v) is 2.87. The molecule has 1 atom stereocenters. The van der Waals surface area contributed by atoms with Crippen LogP contribution in [0.3, 0.4) is 0 Å². The second-order valence-electron chi connectivity index (χ2n) is 4.54. The topological polar surface area (TPSA) is 50.7 Å². The van der Waals surface area contributed by atoms with Crippen molar-refractivity contribution in [2.75, 3.05) is 33.0 Å². The number of hydrogen-bond donors (Lipinski definition) is 2. The van der Waals surface area contributed by atoms with Crippen molar-refractivity contribution in [1.29, 1.82) is 0 Å². The van der Waals surface area contributed by atoms with Gasteiger partial charge in [-0.05, 0) is 26.0 Å². The minimum Gasteiger partial charge on any atom is -0.491 e. The highest BCUT2D eigenvalue weighted by molar-refractivity contribution is 5.30. The van der Waals surface area contributed by atoms with Crippen LogP contribution in [0.5, 0.6) is 5.75 Å². The Morgan fingerprint density at radius 2 is 2.10 bits per heavy atom. The Bertz CT molecular complexity index is 387. The van der Waals surface area contributed by atoms with E-state index in [2.05, 4.69) is 12.2 Å². The Labute approximate surface area is 119 Å². The summed E-state index contributed by atoms with van der Waals surface area (Å²) in [6.45, 7) is 5.87. The number of ether oxygens (including phenoxy) is 2. The number of benzene rings is 1. The van der Waals surface area contributed by atoms with Crippen LogP contribution >= 0.6 is 0 Å². The standard InChI is InChI=1S/C15H24FNO3/c1-3-6-17-12(2)14-5-4-13(11-15(14)16)20-10-9-19-8-7-18/h4-5,11-12,17-18H,3,6-10H2,1-2H3. The largest absolute Gasteiger partial charge is 0.491 e. The van der Waals surface area contributed by atoms with Crippen LogP contribution in [0.4, 0.5) is 4.39 Å². The van der Waals surface area contributed by atoms with Gasteiger partial charge in [-0.1, -0.05) is 13.0 Å². The minimum absolute atomic E-state index is 0.00796. The van der Waals surface area contributed by atoms with Crippen molar-refractivity contribution in [3.63, 3.8) is 0 Å². The van der Waals surface area contributed by atoms with Gasteiger partial charge in [0.05, 0.1) is 19.8 Å². The first kappa shape index (κ1) is 16.9. The van der Waals surface area contributed by atoms with E-state index in [1.807, 2.05) is 6.92 Å². The van der Waals surface area contributed by atoms with Crippen LogP contribution in [0.15, 0.2) is 18.2 Å². The van der Waals surface area contributed by atoms with E-state index in [0.29, 0.717) is 24.5 Å². The zero-order valence-electron chi connectivity index (χ0n) is 12.2. The fourth-order valence-corrected chi connectivity index (χ4v) is 1.80. The molecule has 0 saturated heterocycles. The van der Waals surface area contributed by atoms with Crippen molar-refractivity contribution in [2.24, 2.45) is 0 Å². The van der Waals surface area contributed by atoms with Gasteiger partial charge in [-0.15, -0.1) is 0 Å². The van der Waals surface area contributed by atoms with Crippen molar-refractivity contribution < 1.29 is 19.0 Å². The minimum atomic E-state index is -0.269. The lowest BCUT2D eigenvalue weighted by Gasteiger charge is -2.15. The smallest absolute Gasteiger partial charge is 0.131 e. The molecule has 0 bridgehead atoms. The summed E-state index contributed by atoms with van der Waals surface area (Å²) in [6, 6.07) is 4.88. The molecular weight excluding hydrogens is 261 g/mol. The molecule has 114 valence electrons. The number of hydrogen-bond acceptors (Lipinski definition) is 4. The van der Waals surface area contributed by atoms with E-state index in [-0.39, 0.29) is 25.1 Å². The summed E-state index contributed by atoms with van der Waals surface area (Å²) in [5.74, 6) is 0.219. The van der Waals surface area contributed by atoms with E-state index in [9.17, 15) is 4.39 Å². The Kier molecular flexibility index (Phi) is 8.18. The Hall–Kier alpha value is -1.17. The van der Waals surface area contributed by atoms with E-state index < -0.39 is 0 Å². The van der Waals surface area contributed by atoms with E-state index in [0.717, 1.165) is 13.0 Å². The molecule has 1 unspecified atom stereocenters. The first-order chi connectivity index (χ1) is 9.69. The highest BCUT2D eigenvalue weighted by atomic mass is 19.1. The lowest BCUT2D eigenvalue weighted by Crippen LogP contribution is -2.20. The summed E-state index contributed by atoms with van der Waals surface area (Å²) in [5, 5.41) is 11.8. The molecule has 0 radical (unpaired) electrons. The van der Waals surface area contributed by atoms with Crippen molar-refractivity contribution in [1.82, 2.24) is 5.32 Å². The van der Waals surface area contributed by atoms with Gasteiger partial charge in [-0.2, -0.15) is 0 Å². The maximum absolute atomic E-state index is 14.0. The fourth-order valence-electron chi connectivity index (χ4n) is 1.80. The molecule has 0 aliphatic heterocycles. The second kappa shape index (κ2) is 9.69. The molecule has 0 aliphatic rings. The molecule has 1 aromatic rings. The normalized spacial score (nSPS) is 12.4. The van der Waals surface area contributed by atoms with Crippen molar-refractivity contribution in [3.05, 3.63) is 29.6 Å². The average Bonchev–Trinajstić information content (AvgIpc) is 2.44. The van der Waals surface area contributed by atoms with Crippen molar-refractivity contribution >= 4 is 0 Å². The highest BCUT2D eigenvalue weighted by Crippen LogP contribution is 2.21. The summed E-state index contributed by atoms with van der Waals surface area (Å²) < 4.78 is 24.4. The third-order valence-electron chi connectivity index (χ3n) is 2.87. The SMILES string of the molecule is CCCNC(C)c1ccc(OCCOCCO)cc1F. The summed E-state index contributed by atoms with van der Waals surface area (Å²) in [6.07, 6.45) is 1.01. The lowest BCUT2D eigenvalue weighted by molar-refractivity contribution is 0.0704. The van der Waals surface area contributed by atoms with Gasteiger partial charge in [0.2, 0.25) is 0 Å². The van der Waals surface area contributed by atoms with Crippen LogP contribution in [0, 0.1) is 5.82 Å². The van der Waals surface area contributed by atoms with Crippen molar-refractivity contribution in [2.45, 2.75) is 26.3 Å². The Morgan fingerprint density at radius 1 is 1.30 bits per heavy atom. The molecular formula is C15H24FNO3. The second-order valence-corrected chi connectivity index (χ2v) is 4.54. The van der Waals surface area contributed by atoms with E-state index >= 15 is 0 Å². The molecule has 5 heteroatoms. The molecule has 1 rings (SSSR count). The van der Waals surface area contributed by atoms with Crippen LogP contribution in [0.2, 0.25) is 0 Å². The molecule has 0 fully saturated rings. The molecule has 0 heterocycles. The zero-order valence-corrected chi connectivity index (χ0v) is 12.2. The number of nitrogens with one attached hydrogen (secondary N) is 1. The predicted octanol–water partition coefficient (Wildman–Crippen LogP) is 2.27. The predicted molar refractivity (Wildman–Crippen MR) is 76.5 cm³/mol. The van der Waals surface area contributed by atoms with Crippen LogP contribution < -0.4 is 10.1 Å². The monoisotopic (exact) mass is 285 g/mol.